The normalized spacial score (nSPS) is 16.0. The molecule has 0 fully saturated rings. The van der Waals surface area contributed by atoms with Gasteiger partial charge in [0.25, 0.3) is 11.5 Å². The van der Waals surface area contributed by atoms with Crippen molar-refractivity contribution in [1.29, 1.82) is 0 Å². The Balaban J connectivity index is 1.54. The molecule has 9 nitrogen and oxygen atoms in total. The number of nitrogens with one attached hydrogen (secondary N) is 3. The Morgan fingerprint density at radius 1 is 1.05 bits per heavy atom. The SMILES string of the molecule is Cc1ccc(NC(=O)CC2SC(CC(c3ccc(C(C)C)cc3)c3c(O)[nH]c(=O)[nH]c3=O)=NC2=O)c(C)c1. The van der Waals surface area contributed by atoms with Crippen molar-refractivity contribution in [3.05, 3.63) is 91.1 Å². The lowest BCUT2D eigenvalue weighted by Crippen LogP contribution is -2.27. The van der Waals surface area contributed by atoms with Crippen molar-refractivity contribution in [3.8, 4) is 5.88 Å². The Bertz CT molecular complexity index is 1520. The van der Waals surface area contributed by atoms with Crippen LogP contribution in [-0.4, -0.2) is 37.2 Å². The predicted molar refractivity (Wildman–Crippen MR) is 149 cm³/mol. The fourth-order valence-electron chi connectivity index (χ4n) is 4.46. The summed E-state index contributed by atoms with van der Waals surface area (Å²) >= 11 is 1.18. The average Bonchev–Trinajstić information content (AvgIpc) is 3.18. The predicted octanol–water partition coefficient (Wildman–Crippen LogP) is 4.10. The van der Waals surface area contributed by atoms with Crippen LogP contribution in [0.2, 0.25) is 0 Å². The van der Waals surface area contributed by atoms with Crippen molar-refractivity contribution < 1.29 is 14.7 Å². The zero-order chi connectivity index (χ0) is 27.6. The summed E-state index contributed by atoms with van der Waals surface area (Å²) in [5.74, 6) is -1.63. The largest absolute Gasteiger partial charge is 0.494 e. The van der Waals surface area contributed by atoms with Crippen LogP contribution in [0.15, 0.2) is 57.0 Å². The van der Waals surface area contributed by atoms with Crippen LogP contribution >= 0.6 is 11.8 Å². The van der Waals surface area contributed by atoms with Gasteiger partial charge < -0.3 is 10.4 Å². The van der Waals surface area contributed by atoms with Gasteiger partial charge in [-0.3, -0.25) is 24.4 Å². The van der Waals surface area contributed by atoms with Crippen LogP contribution in [0.4, 0.5) is 5.69 Å². The fraction of sp³-hybridized carbons (Fsp3) is 0.321. The summed E-state index contributed by atoms with van der Waals surface area (Å²) in [4.78, 5) is 58.3. The summed E-state index contributed by atoms with van der Waals surface area (Å²) in [5, 5.41) is 13.1. The van der Waals surface area contributed by atoms with Gasteiger partial charge in [0.1, 0.15) is 5.25 Å². The number of H-pyrrole nitrogens is 2. The van der Waals surface area contributed by atoms with Gasteiger partial charge in [0.05, 0.1) is 10.6 Å². The molecule has 3 aromatic rings. The van der Waals surface area contributed by atoms with Crippen LogP contribution in [0, 0.1) is 13.8 Å². The first kappa shape index (κ1) is 27.1. The molecule has 2 unspecified atom stereocenters. The van der Waals surface area contributed by atoms with Gasteiger partial charge >= 0.3 is 5.69 Å². The van der Waals surface area contributed by atoms with E-state index in [4.69, 9.17) is 0 Å². The number of nitrogens with zero attached hydrogens (tertiary/aromatic N) is 1. The topological polar surface area (TPSA) is 144 Å². The molecule has 0 bridgehead atoms. The molecule has 2 amide bonds. The first-order valence-corrected chi connectivity index (χ1v) is 13.2. The molecular weight excluding hydrogens is 504 g/mol. The van der Waals surface area contributed by atoms with Gasteiger partial charge in [-0.15, -0.1) is 0 Å². The van der Waals surface area contributed by atoms with Crippen LogP contribution in [-0.2, 0) is 9.59 Å². The molecule has 0 saturated carbocycles. The third-order valence-corrected chi connectivity index (χ3v) is 7.69. The third kappa shape index (κ3) is 6.13. The summed E-state index contributed by atoms with van der Waals surface area (Å²) in [6.07, 6.45) is 0.0807. The number of aliphatic imine (C=N–C) groups is 1. The van der Waals surface area contributed by atoms with Crippen LogP contribution < -0.4 is 16.6 Å². The van der Waals surface area contributed by atoms with E-state index in [-0.39, 0.29) is 24.3 Å². The van der Waals surface area contributed by atoms with Crippen molar-refractivity contribution in [2.24, 2.45) is 4.99 Å². The number of carbonyl (C=O) groups excluding carboxylic acids is 2. The van der Waals surface area contributed by atoms with E-state index >= 15 is 0 Å². The lowest BCUT2D eigenvalue weighted by atomic mass is 9.88. The summed E-state index contributed by atoms with van der Waals surface area (Å²) < 4.78 is 0. The molecule has 0 saturated heterocycles. The number of carbonyl (C=O) groups is 2. The minimum absolute atomic E-state index is 0.0197. The highest BCUT2D eigenvalue weighted by Gasteiger charge is 2.33. The van der Waals surface area contributed by atoms with E-state index in [1.54, 1.807) is 0 Å². The number of hydrogen-bond donors (Lipinski definition) is 4. The quantitative estimate of drug-likeness (QED) is 0.342. The molecule has 1 aliphatic rings. The van der Waals surface area contributed by atoms with E-state index < -0.39 is 34.2 Å². The second-order valence-corrected chi connectivity index (χ2v) is 11.0. The first-order chi connectivity index (χ1) is 18.0. The zero-order valence-electron chi connectivity index (χ0n) is 21.6. The molecule has 2 heterocycles. The highest BCUT2D eigenvalue weighted by molar-refractivity contribution is 8.15. The summed E-state index contributed by atoms with van der Waals surface area (Å²) in [6, 6.07) is 13.3. The molecule has 2 aromatic carbocycles. The van der Waals surface area contributed by atoms with Crippen LogP contribution in [0.25, 0.3) is 0 Å². The van der Waals surface area contributed by atoms with E-state index in [2.05, 4.69) is 34.1 Å². The summed E-state index contributed by atoms with van der Waals surface area (Å²) in [5.41, 5.74) is 2.97. The monoisotopic (exact) mass is 534 g/mol. The van der Waals surface area contributed by atoms with E-state index in [9.17, 15) is 24.3 Å². The Kier molecular flexibility index (Phi) is 8.01. The molecule has 4 N–H and O–H groups in total. The summed E-state index contributed by atoms with van der Waals surface area (Å²) in [6.45, 7) is 8.01. The standard InChI is InChI=1S/C28H30N4O5S/c1-14(2)17-6-8-18(9-7-17)19(24-26(35)31-28(37)32-27(24)36)12-23-30-25(34)21(38-23)13-22(33)29-20-10-5-15(3)11-16(20)4/h5-11,14,19,21H,12-13H2,1-4H3,(H,29,33)(H3,31,32,35,36,37). The number of aromatic hydroxyl groups is 1. The second kappa shape index (κ2) is 11.2. The van der Waals surface area contributed by atoms with E-state index in [0.717, 1.165) is 16.7 Å². The lowest BCUT2D eigenvalue weighted by molar-refractivity contribution is -0.121. The minimum atomic E-state index is -0.817. The highest BCUT2D eigenvalue weighted by Crippen LogP contribution is 2.36. The number of thioether (sulfide) groups is 1. The van der Waals surface area contributed by atoms with E-state index in [0.29, 0.717) is 22.2 Å². The molecule has 0 spiro atoms. The number of rotatable bonds is 8. The smallest absolute Gasteiger partial charge is 0.328 e. The van der Waals surface area contributed by atoms with Crippen LogP contribution in [0.5, 0.6) is 5.88 Å². The Hall–Kier alpha value is -3.92. The molecule has 198 valence electrons. The number of benzene rings is 2. The van der Waals surface area contributed by atoms with Gasteiger partial charge in [0, 0.05) is 24.4 Å². The van der Waals surface area contributed by atoms with Crippen molar-refractivity contribution in [2.45, 2.75) is 57.6 Å². The highest BCUT2D eigenvalue weighted by atomic mass is 32.2. The van der Waals surface area contributed by atoms with Crippen molar-refractivity contribution in [1.82, 2.24) is 9.97 Å². The molecule has 4 rings (SSSR count). The Labute approximate surface area is 223 Å². The van der Waals surface area contributed by atoms with Gasteiger partial charge in [-0.2, -0.15) is 0 Å². The van der Waals surface area contributed by atoms with Gasteiger partial charge in [0.2, 0.25) is 11.8 Å². The lowest BCUT2D eigenvalue weighted by Gasteiger charge is -2.19. The summed E-state index contributed by atoms with van der Waals surface area (Å²) in [7, 11) is 0. The molecular formula is C28H30N4O5S. The van der Waals surface area contributed by atoms with Gasteiger partial charge in [-0.25, -0.2) is 9.79 Å². The van der Waals surface area contributed by atoms with Gasteiger partial charge in [0.15, 0.2) is 0 Å². The molecule has 10 heteroatoms. The van der Waals surface area contributed by atoms with Crippen molar-refractivity contribution in [3.63, 3.8) is 0 Å². The first-order valence-electron chi connectivity index (χ1n) is 12.3. The van der Waals surface area contributed by atoms with Crippen LogP contribution in [0.3, 0.4) is 0 Å². The number of amides is 2. The minimum Gasteiger partial charge on any atom is -0.494 e. The number of hydrogen-bond acceptors (Lipinski definition) is 6. The van der Waals surface area contributed by atoms with Gasteiger partial charge in [-0.05, 0) is 42.5 Å². The zero-order valence-corrected chi connectivity index (χ0v) is 22.4. The molecule has 1 aliphatic heterocycles. The van der Waals surface area contributed by atoms with E-state index in [1.807, 2.05) is 56.3 Å². The second-order valence-electron chi connectivity index (χ2n) is 9.77. The van der Waals surface area contributed by atoms with Crippen molar-refractivity contribution >= 4 is 34.3 Å². The third-order valence-electron chi connectivity index (χ3n) is 6.51. The van der Waals surface area contributed by atoms with Gasteiger partial charge in [-0.1, -0.05) is 67.6 Å². The Morgan fingerprint density at radius 2 is 1.74 bits per heavy atom. The molecule has 2 atom stereocenters. The van der Waals surface area contributed by atoms with E-state index in [1.165, 1.54) is 11.8 Å². The average molecular weight is 535 g/mol. The molecule has 0 radical (unpaired) electrons. The maximum atomic E-state index is 12.7. The molecule has 38 heavy (non-hydrogen) atoms. The maximum Gasteiger partial charge on any atom is 0.328 e. The van der Waals surface area contributed by atoms with Crippen molar-refractivity contribution in [2.75, 3.05) is 5.32 Å². The maximum absolute atomic E-state index is 12.7. The fourth-order valence-corrected chi connectivity index (χ4v) is 5.59. The van der Waals surface area contributed by atoms with Crippen LogP contribution in [0.1, 0.15) is 66.3 Å². The number of anilines is 1. The number of aromatic amines is 2. The Morgan fingerprint density at radius 3 is 2.37 bits per heavy atom. The molecule has 0 aliphatic carbocycles. The number of aryl methyl sites for hydroxylation is 2. The number of aromatic nitrogens is 2. The molecule has 1 aromatic heterocycles.